The summed E-state index contributed by atoms with van der Waals surface area (Å²) in [5.74, 6) is 0.729. The molecule has 0 spiro atoms. The zero-order valence-corrected chi connectivity index (χ0v) is 13.3. The summed E-state index contributed by atoms with van der Waals surface area (Å²) >= 11 is 0. The summed E-state index contributed by atoms with van der Waals surface area (Å²) in [4.78, 5) is 23.2. The predicted octanol–water partition coefficient (Wildman–Crippen LogP) is 2.77. The van der Waals surface area contributed by atoms with Gasteiger partial charge in [-0.3, -0.25) is 9.59 Å². The molecular weight excluding hydrogens is 286 g/mol. The van der Waals surface area contributed by atoms with Crippen molar-refractivity contribution in [1.29, 1.82) is 0 Å². The number of esters is 1. The van der Waals surface area contributed by atoms with Gasteiger partial charge in [0.25, 0.3) is 0 Å². The Hall–Kier alpha value is -2.24. The van der Waals surface area contributed by atoms with Crippen LogP contribution in [-0.4, -0.2) is 32.7 Å². The second-order valence-electron chi connectivity index (χ2n) is 4.69. The highest BCUT2D eigenvalue weighted by Gasteiger charge is 2.10. The fourth-order valence-corrected chi connectivity index (χ4v) is 1.80. The Labute approximate surface area is 130 Å². The molecule has 6 heteroatoms. The molecule has 0 fully saturated rings. The van der Waals surface area contributed by atoms with Crippen molar-refractivity contribution in [1.82, 2.24) is 0 Å². The third-order valence-electron chi connectivity index (χ3n) is 2.93. The van der Waals surface area contributed by atoms with Gasteiger partial charge in [-0.05, 0) is 25.0 Å². The molecule has 1 aromatic carbocycles. The molecule has 0 bridgehead atoms. The number of nitrogens with one attached hydrogen (secondary N) is 1. The molecule has 0 aliphatic heterocycles. The van der Waals surface area contributed by atoms with Crippen LogP contribution in [0.15, 0.2) is 18.2 Å². The number of carbonyl (C=O) groups is 2. The van der Waals surface area contributed by atoms with Crippen LogP contribution in [-0.2, 0) is 14.3 Å². The number of amides is 1. The van der Waals surface area contributed by atoms with Gasteiger partial charge in [-0.2, -0.15) is 0 Å². The van der Waals surface area contributed by atoms with Gasteiger partial charge in [0.1, 0.15) is 11.5 Å². The number of ether oxygens (including phenoxy) is 3. The second kappa shape index (κ2) is 9.65. The van der Waals surface area contributed by atoms with E-state index in [1.807, 2.05) is 6.92 Å². The van der Waals surface area contributed by atoms with E-state index in [1.54, 1.807) is 25.3 Å². The van der Waals surface area contributed by atoms with Gasteiger partial charge < -0.3 is 19.5 Å². The normalized spacial score (nSPS) is 9.95. The van der Waals surface area contributed by atoms with Crippen molar-refractivity contribution in [2.75, 3.05) is 26.1 Å². The fraction of sp³-hybridized carbons (Fsp3) is 0.500. The average molecular weight is 309 g/mol. The molecular formula is C16H23NO5. The molecule has 22 heavy (non-hydrogen) atoms. The highest BCUT2D eigenvalue weighted by atomic mass is 16.5. The molecule has 0 saturated heterocycles. The first-order chi connectivity index (χ1) is 10.6. The zero-order chi connectivity index (χ0) is 16.4. The van der Waals surface area contributed by atoms with Gasteiger partial charge in [-0.15, -0.1) is 0 Å². The Morgan fingerprint density at radius 2 is 1.91 bits per heavy atom. The van der Waals surface area contributed by atoms with Crippen molar-refractivity contribution in [2.24, 2.45) is 0 Å². The number of anilines is 1. The minimum atomic E-state index is -0.267. The number of carbonyl (C=O) groups excluding carboxylic acids is 2. The highest BCUT2D eigenvalue weighted by Crippen LogP contribution is 2.29. The maximum Gasteiger partial charge on any atom is 0.305 e. The summed E-state index contributed by atoms with van der Waals surface area (Å²) in [5.41, 5.74) is 0.571. The molecule has 0 aliphatic carbocycles. The van der Waals surface area contributed by atoms with Crippen molar-refractivity contribution >= 4 is 17.6 Å². The summed E-state index contributed by atoms with van der Waals surface area (Å²) in [6, 6.07) is 5.14. The van der Waals surface area contributed by atoms with E-state index >= 15 is 0 Å². The van der Waals surface area contributed by atoms with Crippen LogP contribution in [0.2, 0.25) is 0 Å². The number of benzene rings is 1. The van der Waals surface area contributed by atoms with Crippen LogP contribution in [0.1, 0.15) is 32.6 Å². The van der Waals surface area contributed by atoms with E-state index in [4.69, 9.17) is 14.2 Å². The molecule has 1 aromatic rings. The van der Waals surface area contributed by atoms with E-state index in [1.165, 1.54) is 7.11 Å². The number of hydrogen-bond acceptors (Lipinski definition) is 5. The van der Waals surface area contributed by atoms with Crippen LogP contribution in [0, 0.1) is 0 Å². The van der Waals surface area contributed by atoms with E-state index in [0.29, 0.717) is 30.2 Å². The molecule has 0 heterocycles. The van der Waals surface area contributed by atoms with Crippen LogP contribution < -0.4 is 14.8 Å². The van der Waals surface area contributed by atoms with Crippen LogP contribution >= 0.6 is 0 Å². The van der Waals surface area contributed by atoms with Gasteiger partial charge in [0, 0.05) is 18.9 Å². The van der Waals surface area contributed by atoms with Crippen molar-refractivity contribution < 1.29 is 23.8 Å². The molecule has 1 rings (SSSR count). The van der Waals surface area contributed by atoms with Crippen molar-refractivity contribution in [3.8, 4) is 11.5 Å². The van der Waals surface area contributed by atoms with Crippen LogP contribution in [0.4, 0.5) is 5.69 Å². The summed E-state index contributed by atoms with van der Waals surface area (Å²) in [6.45, 7) is 2.36. The summed E-state index contributed by atoms with van der Waals surface area (Å²) < 4.78 is 15.3. The van der Waals surface area contributed by atoms with E-state index in [2.05, 4.69) is 5.32 Å². The van der Waals surface area contributed by atoms with Gasteiger partial charge in [0.05, 0.1) is 26.5 Å². The van der Waals surface area contributed by atoms with Crippen LogP contribution in [0.3, 0.4) is 0 Å². The molecule has 0 radical (unpaired) electrons. The number of hydrogen-bond donors (Lipinski definition) is 1. The predicted molar refractivity (Wildman–Crippen MR) is 83.3 cm³/mol. The van der Waals surface area contributed by atoms with E-state index in [0.717, 1.165) is 6.42 Å². The quantitative estimate of drug-likeness (QED) is 0.710. The molecule has 0 atom stereocenters. The van der Waals surface area contributed by atoms with Crippen LogP contribution in [0.5, 0.6) is 11.5 Å². The highest BCUT2D eigenvalue weighted by molar-refractivity contribution is 5.92. The second-order valence-corrected chi connectivity index (χ2v) is 4.69. The Morgan fingerprint density at radius 1 is 1.14 bits per heavy atom. The lowest BCUT2D eigenvalue weighted by atomic mass is 10.2. The minimum Gasteiger partial charge on any atom is -0.497 e. The van der Waals surface area contributed by atoms with Gasteiger partial charge in [-0.25, -0.2) is 0 Å². The first-order valence-corrected chi connectivity index (χ1v) is 7.28. The molecule has 1 N–H and O–H groups in total. The minimum absolute atomic E-state index is 0.174. The summed E-state index contributed by atoms with van der Waals surface area (Å²) in [6.07, 6.45) is 1.74. The molecule has 6 nitrogen and oxygen atoms in total. The van der Waals surface area contributed by atoms with Crippen molar-refractivity contribution in [3.63, 3.8) is 0 Å². The topological polar surface area (TPSA) is 73.9 Å². The molecule has 0 aliphatic rings. The van der Waals surface area contributed by atoms with Gasteiger partial charge >= 0.3 is 5.97 Å². The third-order valence-corrected chi connectivity index (χ3v) is 2.93. The average Bonchev–Trinajstić information content (AvgIpc) is 2.53. The number of methoxy groups -OCH3 is 2. The Morgan fingerprint density at radius 3 is 2.55 bits per heavy atom. The van der Waals surface area contributed by atoms with E-state index < -0.39 is 0 Å². The Balaban J connectivity index is 2.43. The molecule has 0 aromatic heterocycles. The van der Waals surface area contributed by atoms with Crippen molar-refractivity contribution in [2.45, 2.75) is 32.6 Å². The largest absolute Gasteiger partial charge is 0.497 e. The third kappa shape index (κ3) is 6.03. The standard InChI is InChI=1S/C16H23NO5/c1-4-10-22-16(19)7-5-6-15(18)17-13-9-8-12(20-2)11-14(13)21-3/h8-9,11H,4-7,10H2,1-3H3,(H,17,18). The maximum atomic E-state index is 11.9. The SMILES string of the molecule is CCCOC(=O)CCCC(=O)Nc1ccc(OC)cc1OC. The Bertz CT molecular complexity index is 501. The zero-order valence-electron chi connectivity index (χ0n) is 13.3. The van der Waals surface area contributed by atoms with Gasteiger partial charge in [0.15, 0.2) is 0 Å². The lowest BCUT2D eigenvalue weighted by molar-refractivity contribution is -0.143. The first-order valence-electron chi connectivity index (χ1n) is 7.28. The first kappa shape index (κ1) is 17.8. The fourth-order valence-electron chi connectivity index (χ4n) is 1.80. The van der Waals surface area contributed by atoms with Crippen molar-refractivity contribution in [3.05, 3.63) is 18.2 Å². The Kier molecular flexibility index (Phi) is 7.81. The molecule has 0 saturated carbocycles. The summed E-state index contributed by atoms with van der Waals surface area (Å²) in [7, 11) is 3.08. The van der Waals surface area contributed by atoms with Gasteiger partial charge in [-0.1, -0.05) is 6.92 Å². The smallest absolute Gasteiger partial charge is 0.305 e. The lowest BCUT2D eigenvalue weighted by Crippen LogP contribution is -2.13. The van der Waals surface area contributed by atoms with Gasteiger partial charge in [0.2, 0.25) is 5.91 Å². The van der Waals surface area contributed by atoms with E-state index in [9.17, 15) is 9.59 Å². The molecule has 0 unspecified atom stereocenters. The van der Waals surface area contributed by atoms with Crippen LogP contribution in [0.25, 0.3) is 0 Å². The lowest BCUT2D eigenvalue weighted by Gasteiger charge is -2.11. The summed E-state index contributed by atoms with van der Waals surface area (Å²) in [5, 5.41) is 2.76. The van der Waals surface area contributed by atoms with E-state index in [-0.39, 0.29) is 24.7 Å². The molecule has 1 amide bonds. The monoisotopic (exact) mass is 309 g/mol. The maximum absolute atomic E-state index is 11.9. The molecule has 122 valence electrons. The number of rotatable bonds is 9.